The Morgan fingerprint density at radius 2 is 1.92 bits per heavy atom. The summed E-state index contributed by atoms with van der Waals surface area (Å²) in [5, 5.41) is 3.06. The third-order valence-corrected chi connectivity index (χ3v) is 7.54. The summed E-state index contributed by atoms with van der Waals surface area (Å²) in [6.07, 6.45) is 6.32. The van der Waals surface area contributed by atoms with Crippen molar-refractivity contribution in [3.8, 4) is 0 Å². The summed E-state index contributed by atoms with van der Waals surface area (Å²) in [5.41, 5.74) is 2.45. The SMILES string of the molecule is CCCC(C)NC(=O)C1CCN(S(=O)(=O)c2ccc3c(c2)CCC3)CC1. The normalized spacial score (nSPS) is 19.9. The van der Waals surface area contributed by atoms with Gasteiger partial charge in [-0.15, -0.1) is 0 Å². The van der Waals surface area contributed by atoms with Gasteiger partial charge in [-0.25, -0.2) is 8.42 Å². The first-order valence-corrected chi connectivity index (χ1v) is 11.3. The zero-order valence-corrected chi connectivity index (χ0v) is 16.6. The van der Waals surface area contributed by atoms with E-state index in [1.807, 2.05) is 19.1 Å². The molecule has 1 fully saturated rings. The lowest BCUT2D eigenvalue weighted by Gasteiger charge is -2.31. The number of fused-ring (bicyclic) bond motifs is 1. The van der Waals surface area contributed by atoms with Crippen LogP contribution >= 0.6 is 0 Å². The smallest absolute Gasteiger partial charge is 0.243 e. The lowest BCUT2D eigenvalue weighted by molar-refractivity contribution is -0.126. The largest absolute Gasteiger partial charge is 0.353 e. The van der Waals surface area contributed by atoms with Crippen molar-refractivity contribution >= 4 is 15.9 Å². The zero-order valence-electron chi connectivity index (χ0n) is 15.8. The lowest BCUT2D eigenvalue weighted by Crippen LogP contribution is -2.44. The molecule has 1 aliphatic heterocycles. The Bertz CT molecular complexity index is 752. The van der Waals surface area contributed by atoms with Gasteiger partial charge in [-0.2, -0.15) is 4.31 Å². The van der Waals surface area contributed by atoms with Crippen molar-refractivity contribution in [1.29, 1.82) is 0 Å². The highest BCUT2D eigenvalue weighted by atomic mass is 32.2. The van der Waals surface area contributed by atoms with Gasteiger partial charge in [-0.05, 0) is 68.7 Å². The van der Waals surface area contributed by atoms with Gasteiger partial charge in [0.05, 0.1) is 4.90 Å². The van der Waals surface area contributed by atoms with Crippen molar-refractivity contribution in [3.63, 3.8) is 0 Å². The van der Waals surface area contributed by atoms with Gasteiger partial charge in [-0.3, -0.25) is 4.79 Å². The van der Waals surface area contributed by atoms with Crippen LogP contribution in [-0.2, 0) is 27.7 Å². The Hall–Kier alpha value is -1.40. The van der Waals surface area contributed by atoms with E-state index in [-0.39, 0.29) is 17.9 Å². The van der Waals surface area contributed by atoms with Crippen LogP contribution in [0.15, 0.2) is 23.1 Å². The summed E-state index contributed by atoms with van der Waals surface area (Å²) in [7, 11) is -3.46. The average molecular weight is 379 g/mol. The molecule has 0 bridgehead atoms. The van der Waals surface area contributed by atoms with Crippen LogP contribution in [-0.4, -0.2) is 37.8 Å². The molecule has 1 unspecified atom stereocenters. The quantitative estimate of drug-likeness (QED) is 0.828. The first-order valence-electron chi connectivity index (χ1n) is 9.84. The molecule has 1 atom stereocenters. The Morgan fingerprint density at radius 3 is 2.62 bits per heavy atom. The van der Waals surface area contributed by atoms with Crippen LogP contribution in [0.5, 0.6) is 0 Å². The van der Waals surface area contributed by atoms with E-state index in [1.54, 1.807) is 10.4 Å². The highest BCUT2D eigenvalue weighted by molar-refractivity contribution is 7.89. The van der Waals surface area contributed by atoms with E-state index in [4.69, 9.17) is 0 Å². The monoisotopic (exact) mass is 378 g/mol. The molecule has 1 amide bonds. The van der Waals surface area contributed by atoms with Crippen molar-refractivity contribution in [1.82, 2.24) is 9.62 Å². The van der Waals surface area contributed by atoms with Gasteiger partial charge >= 0.3 is 0 Å². The number of sulfonamides is 1. The molecule has 6 heteroatoms. The van der Waals surface area contributed by atoms with Crippen LogP contribution in [0, 0.1) is 5.92 Å². The van der Waals surface area contributed by atoms with Crippen LogP contribution in [0.2, 0.25) is 0 Å². The maximum Gasteiger partial charge on any atom is 0.243 e. The molecule has 1 aromatic rings. The second-order valence-electron chi connectivity index (χ2n) is 7.66. The number of benzene rings is 1. The highest BCUT2D eigenvalue weighted by Gasteiger charge is 2.32. The van der Waals surface area contributed by atoms with Gasteiger partial charge in [0.1, 0.15) is 0 Å². The topological polar surface area (TPSA) is 66.5 Å². The molecule has 1 heterocycles. The minimum absolute atomic E-state index is 0.0699. The standard InChI is InChI=1S/C20H30N2O3S/c1-3-5-15(2)21-20(23)17-10-12-22(13-11-17)26(24,25)19-9-8-16-6-4-7-18(16)14-19/h8-9,14-15,17H,3-7,10-13H2,1-2H3,(H,21,23). The molecule has 5 nitrogen and oxygen atoms in total. The van der Waals surface area contributed by atoms with Crippen molar-refractivity contribution in [2.75, 3.05) is 13.1 Å². The van der Waals surface area contributed by atoms with Crippen LogP contribution in [0.25, 0.3) is 0 Å². The van der Waals surface area contributed by atoms with Crippen LogP contribution < -0.4 is 5.32 Å². The summed E-state index contributed by atoms with van der Waals surface area (Å²) in [5.74, 6) is -0.0127. The van der Waals surface area contributed by atoms with Crippen molar-refractivity contribution < 1.29 is 13.2 Å². The molecule has 0 aromatic heterocycles. The van der Waals surface area contributed by atoms with E-state index >= 15 is 0 Å². The number of rotatable bonds is 6. The molecule has 2 aliphatic rings. The summed E-state index contributed by atoms with van der Waals surface area (Å²) < 4.78 is 27.4. The van der Waals surface area contributed by atoms with Gasteiger partial charge in [-0.1, -0.05) is 19.4 Å². The zero-order chi connectivity index (χ0) is 18.7. The molecule has 3 rings (SSSR count). The number of amides is 1. The second kappa shape index (κ2) is 8.09. The van der Waals surface area contributed by atoms with E-state index in [9.17, 15) is 13.2 Å². The first-order chi connectivity index (χ1) is 12.4. The van der Waals surface area contributed by atoms with Gasteiger partial charge in [0.15, 0.2) is 0 Å². The van der Waals surface area contributed by atoms with Crippen molar-refractivity contribution in [3.05, 3.63) is 29.3 Å². The van der Waals surface area contributed by atoms with Gasteiger partial charge in [0, 0.05) is 25.0 Å². The molecule has 1 N–H and O–H groups in total. The van der Waals surface area contributed by atoms with Gasteiger partial charge < -0.3 is 5.32 Å². The number of hydrogen-bond donors (Lipinski definition) is 1. The molecule has 0 radical (unpaired) electrons. The fourth-order valence-corrected chi connectivity index (χ4v) is 5.60. The third-order valence-electron chi connectivity index (χ3n) is 5.64. The number of carbonyl (C=O) groups excluding carboxylic acids is 1. The summed E-state index contributed by atoms with van der Waals surface area (Å²) in [6.45, 7) is 4.96. The fourth-order valence-electron chi connectivity index (χ4n) is 4.08. The number of piperidine rings is 1. The Kier molecular flexibility index (Phi) is 6.03. The first kappa shape index (κ1) is 19.4. The number of nitrogens with one attached hydrogen (secondary N) is 1. The van der Waals surface area contributed by atoms with E-state index in [0.29, 0.717) is 30.8 Å². The number of aryl methyl sites for hydroxylation is 2. The van der Waals surface area contributed by atoms with E-state index < -0.39 is 10.0 Å². The average Bonchev–Trinajstić information content (AvgIpc) is 3.09. The Labute approximate surface area is 157 Å². The second-order valence-corrected chi connectivity index (χ2v) is 9.60. The molecular weight excluding hydrogens is 348 g/mol. The van der Waals surface area contributed by atoms with Crippen LogP contribution in [0.3, 0.4) is 0 Å². The molecular formula is C20H30N2O3S. The highest BCUT2D eigenvalue weighted by Crippen LogP contribution is 2.28. The van der Waals surface area contributed by atoms with Crippen molar-refractivity contribution in [2.45, 2.75) is 69.7 Å². The van der Waals surface area contributed by atoms with Gasteiger partial charge in [0.2, 0.25) is 15.9 Å². The van der Waals surface area contributed by atoms with E-state index in [0.717, 1.165) is 32.1 Å². The number of hydrogen-bond acceptors (Lipinski definition) is 3. The van der Waals surface area contributed by atoms with Crippen LogP contribution in [0.4, 0.5) is 0 Å². The summed E-state index contributed by atoms with van der Waals surface area (Å²) in [4.78, 5) is 12.8. The Morgan fingerprint density at radius 1 is 1.23 bits per heavy atom. The maximum atomic E-state index is 13.0. The molecule has 144 valence electrons. The Balaban J connectivity index is 1.61. The van der Waals surface area contributed by atoms with E-state index in [2.05, 4.69) is 12.2 Å². The molecule has 0 spiro atoms. The molecule has 1 aromatic carbocycles. The number of carbonyl (C=O) groups is 1. The summed E-state index contributed by atoms with van der Waals surface area (Å²) in [6, 6.07) is 5.73. The predicted molar refractivity (Wildman–Crippen MR) is 102 cm³/mol. The lowest BCUT2D eigenvalue weighted by atomic mass is 9.96. The van der Waals surface area contributed by atoms with Gasteiger partial charge in [0.25, 0.3) is 0 Å². The fraction of sp³-hybridized carbons (Fsp3) is 0.650. The van der Waals surface area contributed by atoms with Crippen LogP contribution in [0.1, 0.15) is 57.1 Å². The molecule has 26 heavy (non-hydrogen) atoms. The number of nitrogens with zero attached hydrogens (tertiary/aromatic N) is 1. The maximum absolute atomic E-state index is 13.0. The minimum atomic E-state index is -3.46. The molecule has 0 saturated carbocycles. The predicted octanol–water partition coefficient (Wildman–Crippen LogP) is 2.88. The third kappa shape index (κ3) is 4.12. The molecule has 1 saturated heterocycles. The summed E-state index contributed by atoms with van der Waals surface area (Å²) >= 11 is 0. The van der Waals surface area contributed by atoms with E-state index in [1.165, 1.54) is 11.1 Å². The molecule has 1 aliphatic carbocycles. The minimum Gasteiger partial charge on any atom is -0.353 e. The van der Waals surface area contributed by atoms with Crippen molar-refractivity contribution in [2.24, 2.45) is 5.92 Å².